The first kappa shape index (κ1) is 14.2. The molecule has 0 radical (unpaired) electrons. The molecule has 4 heteroatoms. The maximum Gasteiger partial charge on any atom is 0.191 e. The van der Waals surface area contributed by atoms with Crippen LogP contribution < -0.4 is 10.6 Å². The predicted octanol–water partition coefficient (Wildman–Crippen LogP) is 1.82. The zero-order valence-corrected chi connectivity index (χ0v) is 13.3. The fraction of sp³-hybridized carbons (Fsp3) is 0.938. The lowest BCUT2D eigenvalue weighted by molar-refractivity contribution is 0.315. The average molecular weight is 278 g/mol. The fourth-order valence-corrected chi connectivity index (χ4v) is 3.07. The van der Waals surface area contributed by atoms with Crippen LogP contribution in [-0.4, -0.2) is 49.1 Å². The summed E-state index contributed by atoms with van der Waals surface area (Å²) < 4.78 is 0. The number of nitrogens with one attached hydrogen (secondary N) is 2. The number of rotatable bonds is 5. The van der Waals surface area contributed by atoms with Gasteiger partial charge in [0.1, 0.15) is 0 Å². The second-order valence-corrected chi connectivity index (χ2v) is 7.42. The van der Waals surface area contributed by atoms with Crippen LogP contribution >= 0.6 is 0 Å². The first-order valence-electron chi connectivity index (χ1n) is 8.38. The van der Waals surface area contributed by atoms with Crippen molar-refractivity contribution in [2.75, 3.05) is 26.2 Å². The van der Waals surface area contributed by atoms with E-state index in [-0.39, 0.29) is 0 Å². The second kappa shape index (κ2) is 5.55. The summed E-state index contributed by atoms with van der Waals surface area (Å²) >= 11 is 0. The van der Waals surface area contributed by atoms with Crippen molar-refractivity contribution in [2.45, 2.75) is 58.5 Å². The molecule has 0 aromatic carbocycles. The van der Waals surface area contributed by atoms with Gasteiger partial charge in [-0.15, -0.1) is 0 Å². The van der Waals surface area contributed by atoms with Crippen molar-refractivity contribution in [1.29, 1.82) is 0 Å². The minimum Gasteiger partial charge on any atom is -0.357 e. The molecule has 3 rings (SSSR count). The van der Waals surface area contributed by atoms with E-state index in [0.29, 0.717) is 11.5 Å². The van der Waals surface area contributed by atoms with E-state index < -0.39 is 0 Å². The molecule has 20 heavy (non-hydrogen) atoms. The van der Waals surface area contributed by atoms with Crippen LogP contribution in [0.5, 0.6) is 0 Å². The topological polar surface area (TPSA) is 39.7 Å². The highest BCUT2D eigenvalue weighted by Gasteiger charge is 2.39. The Balaban J connectivity index is 1.54. The van der Waals surface area contributed by atoms with E-state index in [9.17, 15) is 0 Å². The molecular weight excluding hydrogens is 248 g/mol. The summed E-state index contributed by atoms with van der Waals surface area (Å²) in [6, 6.07) is 1.44. The third-order valence-corrected chi connectivity index (χ3v) is 5.09. The zero-order chi connectivity index (χ0) is 14.2. The minimum absolute atomic E-state index is 0.490. The average Bonchev–Trinajstić information content (AvgIpc) is 3.32. The van der Waals surface area contributed by atoms with Crippen molar-refractivity contribution in [3.05, 3.63) is 0 Å². The highest BCUT2D eigenvalue weighted by Crippen LogP contribution is 2.45. The molecule has 3 fully saturated rings. The van der Waals surface area contributed by atoms with Crippen LogP contribution in [0.25, 0.3) is 0 Å². The molecule has 3 aliphatic rings. The largest absolute Gasteiger partial charge is 0.357 e. The number of hydrogen-bond donors (Lipinski definition) is 2. The number of guanidine groups is 1. The zero-order valence-electron chi connectivity index (χ0n) is 13.3. The Bertz CT molecular complexity index is 371. The standard InChI is InChI=1S/C16H30N4/c1-4-17-15(18-11-16(3)7-8-16)19-14-10-20(9-12(14)2)13-5-6-13/h12-14H,4-11H2,1-3H3,(H2,17,18,19). The van der Waals surface area contributed by atoms with Gasteiger partial charge in [0.25, 0.3) is 0 Å². The highest BCUT2D eigenvalue weighted by atomic mass is 15.3. The summed E-state index contributed by atoms with van der Waals surface area (Å²) in [5.74, 6) is 1.74. The lowest BCUT2D eigenvalue weighted by Gasteiger charge is -2.21. The van der Waals surface area contributed by atoms with Gasteiger partial charge in [-0.05, 0) is 43.9 Å². The van der Waals surface area contributed by atoms with Gasteiger partial charge >= 0.3 is 0 Å². The normalized spacial score (nSPS) is 33.2. The van der Waals surface area contributed by atoms with E-state index in [0.717, 1.165) is 31.0 Å². The van der Waals surface area contributed by atoms with E-state index in [1.165, 1.54) is 38.8 Å². The molecule has 2 unspecified atom stereocenters. The Morgan fingerprint density at radius 1 is 1.30 bits per heavy atom. The van der Waals surface area contributed by atoms with E-state index in [1.807, 2.05) is 0 Å². The van der Waals surface area contributed by atoms with Crippen molar-refractivity contribution < 1.29 is 0 Å². The summed E-state index contributed by atoms with van der Waals surface area (Å²) in [6.07, 6.45) is 5.49. The van der Waals surface area contributed by atoms with Crippen molar-refractivity contribution in [2.24, 2.45) is 16.3 Å². The van der Waals surface area contributed by atoms with Gasteiger partial charge < -0.3 is 10.6 Å². The van der Waals surface area contributed by atoms with Gasteiger partial charge in [-0.3, -0.25) is 9.89 Å². The Kier molecular flexibility index (Phi) is 3.93. The third-order valence-electron chi connectivity index (χ3n) is 5.09. The van der Waals surface area contributed by atoms with Crippen LogP contribution in [0.4, 0.5) is 0 Å². The van der Waals surface area contributed by atoms with Crippen LogP contribution in [0.3, 0.4) is 0 Å². The van der Waals surface area contributed by atoms with Crippen LogP contribution in [0.2, 0.25) is 0 Å². The van der Waals surface area contributed by atoms with Crippen molar-refractivity contribution in [3.8, 4) is 0 Å². The van der Waals surface area contributed by atoms with E-state index in [1.54, 1.807) is 0 Å². The summed E-state index contributed by atoms with van der Waals surface area (Å²) in [4.78, 5) is 7.47. The Morgan fingerprint density at radius 2 is 2.05 bits per heavy atom. The summed E-state index contributed by atoms with van der Waals surface area (Å²) in [6.45, 7) is 11.2. The van der Waals surface area contributed by atoms with Crippen LogP contribution in [-0.2, 0) is 0 Å². The minimum atomic E-state index is 0.490. The monoisotopic (exact) mass is 278 g/mol. The molecule has 0 bridgehead atoms. The first-order valence-corrected chi connectivity index (χ1v) is 8.38. The molecule has 4 nitrogen and oxygen atoms in total. The van der Waals surface area contributed by atoms with E-state index >= 15 is 0 Å². The smallest absolute Gasteiger partial charge is 0.191 e. The van der Waals surface area contributed by atoms with Gasteiger partial charge in [0.15, 0.2) is 5.96 Å². The molecule has 1 heterocycles. The summed E-state index contributed by atoms with van der Waals surface area (Å²) in [7, 11) is 0. The van der Waals surface area contributed by atoms with Crippen molar-refractivity contribution in [3.63, 3.8) is 0 Å². The van der Waals surface area contributed by atoms with Gasteiger partial charge in [0.2, 0.25) is 0 Å². The van der Waals surface area contributed by atoms with Crippen LogP contribution in [0.1, 0.15) is 46.5 Å². The molecule has 0 amide bonds. The highest BCUT2D eigenvalue weighted by molar-refractivity contribution is 5.80. The number of aliphatic imine (C=N–C) groups is 1. The molecule has 2 N–H and O–H groups in total. The summed E-state index contributed by atoms with van der Waals surface area (Å²) in [5, 5.41) is 7.09. The maximum atomic E-state index is 4.81. The molecule has 1 aliphatic heterocycles. The summed E-state index contributed by atoms with van der Waals surface area (Å²) in [5.41, 5.74) is 0.490. The lowest BCUT2D eigenvalue weighted by atomic mass is 10.1. The Hall–Kier alpha value is -0.770. The second-order valence-electron chi connectivity index (χ2n) is 7.42. The van der Waals surface area contributed by atoms with Crippen molar-refractivity contribution in [1.82, 2.24) is 15.5 Å². The van der Waals surface area contributed by atoms with E-state index in [2.05, 4.69) is 36.3 Å². The van der Waals surface area contributed by atoms with Gasteiger partial charge in [-0.1, -0.05) is 13.8 Å². The Morgan fingerprint density at radius 3 is 2.65 bits per heavy atom. The molecular formula is C16H30N4. The van der Waals surface area contributed by atoms with Gasteiger partial charge in [0, 0.05) is 38.3 Å². The van der Waals surface area contributed by atoms with Crippen molar-refractivity contribution >= 4 is 5.96 Å². The quantitative estimate of drug-likeness (QED) is 0.595. The SMILES string of the molecule is CCNC(=NCC1(C)CC1)NC1CN(C2CC2)CC1C. The number of hydrogen-bond acceptors (Lipinski definition) is 2. The lowest BCUT2D eigenvalue weighted by Crippen LogP contribution is -2.46. The van der Waals surface area contributed by atoms with Gasteiger partial charge in [-0.25, -0.2) is 0 Å². The first-order chi connectivity index (χ1) is 9.59. The third kappa shape index (κ3) is 3.46. The van der Waals surface area contributed by atoms with Crippen LogP contribution in [0, 0.1) is 11.3 Å². The molecule has 2 saturated carbocycles. The molecule has 2 atom stereocenters. The molecule has 0 aromatic rings. The molecule has 0 aromatic heterocycles. The molecule has 114 valence electrons. The Labute approximate surface area is 123 Å². The molecule has 1 saturated heterocycles. The van der Waals surface area contributed by atoms with E-state index in [4.69, 9.17) is 4.99 Å². The fourth-order valence-electron chi connectivity index (χ4n) is 3.07. The van der Waals surface area contributed by atoms with Gasteiger partial charge in [0.05, 0.1) is 0 Å². The molecule has 2 aliphatic carbocycles. The maximum absolute atomic E-state index is 4.81. The number of nitrogens with zero attached hydrogens (tertiary/aromatic N) is 2. The molecule has 0 spiro atoms. The predicted molar refractivity (Wildman–Crippen MR) is 84.0 cm³/mol. The van der Waals surface area contributed by atoms with Gasteiger partial charge in [-0.2, -0.15) is 0 Å². The number of likely N-dealkylation sites (tertiary alicyclic amines) is 1. The van der Waals surface area contributed by atoms with Crippen LogP contribution in [0.15, 0.2) is 4.99 Å².